The maximum absolute atomic E-state index is 9.90. The minimum atomic E-state index is -1.08. The molecule has 0 aliphatic heterocycles. The first-order valence-corrected chi connectivity index (χ1v) is 3.66. The van der Waals surface area contributed by atoms with E-state index in [0.29, 0.717) is 0 Å². The Bertz CT molecular complexity index is 174. The third-order valence-corrected chi connectivity index (χ3v) is 0.909. The number of carboxylic acid groups (broad SMARTS) is 2. The standard InChI is InChI=1S/C4H9NO2.C3H7NO2/c1-4(2,5)3(6)7;4-2-1-3(5)6/h5H2,1-2H3,(H,6,7);1-2,4H2,(H,5,6). The SMILES string of the molecule is CC(C)(N)C(=O)O.NCCC(=O)O. The van der Waals surface area contributed by atoms with Crippen LogP contribution in [-0.4, -0.2) is 34.2 Å². The zero-order chi connectivity index (χ0) is 11.1. The molecule has 6 heteroatoms. The Labute approximate surface area is 76.5 Å². The van der Waals surface area contributed by atoms with Crippen LogP contribution >= 0.6 is 0 Å². The lowest BCUT2D eigenvalue weighted by Gasteiger charge is -2.09. The van der Waals surface area contributed by atoms with Crippen molar-refractivity contribution in [3.8, 4) is 0 Å². The lowest BCUT2D eigenvalue weighted by Crippen LogP contribution is -2.41. The number of aliphatic carboxylic acids is 2. The van der Waals surface area contributed by atoms with Crippen LogP contribution in [0, 0.1) is 0 Å². The van der Waals surface area contributed by atoms with Gasteiger partial charge >= 0.3 is 11.9 Å². The summed E-state index contributed by atoms with van der Waals surface area (Å²) in [6.07, 6.45) is 0.0694. The highest BCUT2D eigenvalue weighted by molar-refractivity contribution is 5.77. The molecule has 0 aromatic carbocycles. The minimum absolute atomic E-state index is 0.0694. The molecule has 0 amide bonds. The van der Waals surface area contributed by atoms with Crippen molar-refractivity contribution < 1.29 is 19.8 Å². The van der Waals surface area contributed by atoms with Crippen LogP contribution in [-0.2, 0) is 9.59 Å². The maximum Gasteiger partial charge on any atom is 0.323 e. The number of carboxylic acids is 2. The van der Waals surface area contributed by atoms with Gasteiger partial charge in [0.1, 0.15) is 5.54 Å². The predicted octanol–water partition coefficient (Wildman–Crippen LogP) is -0.772. The number of rotatable bonds is 3. The topological polar surface area (TPSA) is 127 Å². The monoisotopic (exact) mass is 192 g/mol. The van der Waals surface area contributed by atoms with E-state index in [1.54, 1.807) is 0 Å². The molecule has 6 N–H and O–H groups in total. The van der Waals surface area contributed by atoms with Gasteiger partial charge in [-0.05, 0) is 13.8 Å². The molecule has 0 aliphatic carbocycles. The Morgan fingerprint density at radius 1 is 1.31 bits per heavy atom. The summed E-state index contributed by atoms with van der Waals surface area (Å²) in [6.45, 7) is 3.11. The van der Waals surface area contributed by atoms with E-state index in [4.69, 9.17) is 21.7 Å². The summed E-state index contributed by atoms with van der Waals surface area (Å²) in [5.41, 5.74) is 8.84. The van der Waals surface area contributed by atoms with Crippen LogP contribution in [0.5, 0.6) is 0 Å². The summed E-state index contributed by atoms with van der Waals surface area (Å²) in [6, 6.07) is 0. The van der Waals surface area contributed by atoms with E-state index in [1.165, 1.54) is 13.8 Å². The van der Waals surface area contributed by atoms with Crippen molar-refractivity contribution in [2.45, 2.75) is 25.8 Å². The molecule has 0 aromatic heterocycles. The summed E-state index contributed by atoms with van der Waals surface area (Å²) in [5, 5.41) is 16.0. The average Bonchev–Trinajstić information content (AvgIpc) is 1.85. The Kier molecular flexibility index (Phi) is 7.07. The van der Waals surface area contributed by atoms with Crippen molar-refractivity contribution in [1.82, 2.24) is 0 Å². The fourth-order valence-corrected chi connectivity index (χ4v) is 0.123. The molecule has 6 nitrogen and oxygen atoms in total. The molecule has 0 saturated heterocycles. The third kappa shape index (κ3) is 13.8. The molecule has 0 spiro atoms. The molecular weight excluding hydrogens is 176 g/mol. The molecule has 0 fully saturated rings. The van der Waals surface area contributed by atoms with E-state index in [1.807, 2.05) is 0 Å². The van der Waals surface area contributed by atoms with Gasteiger partial charge in [0.2, 0.25) is 0 Å². The Morgan fingerprint density at radius 3 is 1.62 bits per heavy atom. The largest absolute Gasteiger partial charge is 0.481 e. The van der Waals surface area contributed by atoms with Gasteiger partial charge in [0.15, 0.2) is 0 Å². The first-order chi connectivity index (χ1) is 5.71. The molecule has 13 heavy (non-hydrogen) atoms. The molecule has 0 atom stereocenters. The summed E-state index contributed by atoms with van der Waals surface area (Å²) in [7, 11) is 0. The van der Waals surface area contributed by atoms with E-state index in [2.05, 4.69) is 0 Å². The fourth-order valence-electron chi connectivity index (χ4n) is 0.123. The highest BCUT2D eigenvalue weighted by Gasteiger charge is 2.19. The zero-order valence-electron chi connectivity index (χ0n) is 7.78. The third-order valence-electron chi connectivity index (χ3n) is 0.909. The van der Waals surface area contributed by atoms with Gasteiger partial charge in [0.05, 0.1) is 6.42 Å². The molecule has 0 radical (unpaired) electrons. The molecule has 0 bridgehead atoms. The molecule has 0 aliphatic rings. The van der Waals surface area contributed by atoms with Crippen LogP contribution in [0.3, 0.4) is 0 Å². The normalized spacial score (nSPS) is 9.85. The van der Waals surface area contributed by atoms with Gasteiger partial charge in [-0.1, -0.05) is 0 Å². The molecule has 0 heterocycles. The number of carbonyl (C=O) groups is 2. The van der Waals surface area contributed by atoms with Crippen LogP contribution < -0.4 is 11.5 Å². The van der Waals surface area contributed by atoms with Gasteiger partial charge in [0, 0.05) is 6.54 Å². The fraction of sp³-hybridized carbons (Fsp3) is 0.714. The van der Waals surface area contributed by atoms with Crippen molar-refractivity contribution in [2.24, 2.45) is 11.5 Å². The number of hydrogen-bond donors (Lipinski definition) is 4. The number of nitrogens with two attached hydrogens (primary N) is 2. The van der Waals surface area contributed by atoms with E-state index >= 15 is 0 Å². The van der Waals surface area contributed by atoms with Crippen molar-refractivity contribution in [3.63, 3.8) is 0 Å². The van der Waals surface area contributed by atoms with Gasteiger partial charge in [-0.3, -0.25) is 9.59 Å². The smallest absolute Gasteiger partial charge is 0.323 e. The molecular formula is C7H16N2O4. The second-order valence-corrected chi connectivity index (χ2v) is 2.96. The minimum Gasteiger partial charge on any atom is -0.481 e. The second kappa shape index (κ2) is 6.38. The Hall–Kier alpha value is -1.14. The average molecular weight is 192 g/mol. The molecule has 0 saturated carbocycles. The predicted molar refractivity (Wildman–Crippen MR) is 47.2 cm³/mol. The summed E-state index contributed by atoms with van der Waals surface area (Å²) in [4.78, 5) is 19.4. The Balaban J connectivity index is 0. The van der Waals surface area contributed by atoms with Crippen LogP contribution in [0.1, 0.15) is 20.3 Å². The number of hydrogen-bond acceptors (Lipinski definition) is 4. The molecule has 0 rings (SSSR count). The second-order valence-electron chi connectivity index (χ2n) is 2.96. The lowest BCUT2D eigenvalue weighted by molar-refractivity contribution is -0.142. The van der Waals surface area contributed by atoms with E-state index < -0.39 is 17.5 Å². The van der Waals surface area contributed by atoms with Gasteiger partial charge in [0.25, 0.3) is 0 Å². The van der Waals surface area contributed by atoms with Gasteiger partial charge in [-0.2, -0.15) is 0 Å². The van der Waals surface area contributed by atoms with E-state index in [-0.39, 0.29) is 13.0 Å². The van der Waals surface area contributed by atoms with Crippen molar-refractivity contribution in [2.75, 3.05) is 6.54 Å². The highest BCUT2D eigenvalue weighted by Crippen LogP contribution is 1.93. The summed E-state index contributed by atoms with van der Waals surface area (Å²) >= 11 is 0. The maximum atomic E-state index is 9.90. The molecule has 0 aromatic rings. The molecule has 78 valence electrons. The van der Waals surface area contributed by atoms with Gasteiger partial charge in [-0.25, -0.2) is 0 Å². The van der Waals surface area contributed by atoms with Crippen LogP contribution in [0.25, 0.3) is 0 Å². The quantitative estimate of drug-likeness (QED) is 0.465. The molecule has 0 unspecified atom stereocenters. The van der Waals surface area contributed by atoms with Crippen LogP contribution in [0.4, 0.5) is 0 Å². The van der Waals surface area contributed by atoms with Crippen molar-refractivity contribution in [3.05, 3.63) is 0 Å². The van der Waals surface area contributed by atoms with E-state index in [9.17, 15) is 9.59 Å². The first-order valence-electron chi connectivity index (χ1n) is 3.66. The van der Waals surface area contributed by atoms with Crippen LogP contribution in [0.15, 0.2) is 0 Å². The lowest BCUT2D eigenvalue weighted by atomic mass is 10.1. The van der Waals surface area contributed by atoms with Crippen molar-refractivity contribution in [1.29, 1.82) is 0 Å². The van der Waals surface area contributed by atoms with Crippen LogP contribution in [0.2, 0.25) is 0 Å². The summed E-state index contributed by atoms with van der Waals surface area (Å²) in [5.74, 6) is -1.81. The highest BCUT2D eigenvalue weighted by atomic mass is 16.4. The Morgan fingerprint density at radius 2 is 1.62 bits per heavy atom. The zero-order valence-corrected chi connectivity index (χ0v) is 7.78. The van der Waals surface area contributed by atoms with Crippen molar-refractivity contribution >= 4 is 11.9 Å². The first kappa shape index (κ1) is 14.4. The summed E-state index contributed by atoms with van der Waals surface area (Å²) < 4.78 is 0. The van der Waals surface area contributed by atoms with Gasteiger partial charge in [-0.15, -0.1) is 0 Å². The van der Waals surface area contributed by atoms with E-state index in [0.717, 1.165) is 0 Å². The van der Waals surface area contributed by atoms with Gasteiger partial charge < -0.3 is 21.7 Å².